The van der Waals surface area contributed by atoms with Crippen molar-refractivity contribution < 1.29 is 9.52 Å². The van der Waals surface area contributed by atoms with Crippen LogP contribution in [0.2, 0.25) is 0 Å². The summed E-state index contributed by atoms with van der Waals surface area (Å²) in [6, 6.07) is 10.3. The first kappa shape index (κ1) is 14.3. The summed E-state index contributed by atoms with van der Waals surface area (Å²) >= 11 is 0. The third kappa shape index (κ3) is 2.37. The Kier molecular flexibility index (Phi) is 3.50. The lowest BCUT2D eigenvalue weighted by atomic mass is 9.65. The highest BCUT2D eigenvalue weighted by Crippen LogP contribution is 2.44. The summed E-state index contributed by atoms with van der Waals surface area (Å²) in [4.78, 5) is 2.43. The SMILES string of the molecule is C[C@@H]1CN(Cc2cc3ccccc3o2)CC[C@@]1(O)C1CCC1. The monoisotopic (exact) mass is 299 g/mol. The van der Waals surface area contributed by atoms with Gasteiger partial charge >= 0.3 is 0 Å². The van der Waals surface area contributed by atoms with Crippen molar-refractivity contribution in [2.24, 2.45) is 11.8 Å². The van der Waals surface area contributed by atoms with Crippen molar-refractivity contribution in [2.75, 3.05) is 13.1 Å². The van der Waals surface area contributed by atoms with Crippen LogP contribution in [0.25, 0.3) is 11.0 Å². The third-order valence-corrected chi connectivity index (χ3v) is 5.88. The molecule has 2 aromatic rings. The van der Waals surface area contributed by atoms with Crippen LogP contribution in [0.5, 0.6) is 0 Å². The number of hydrogen-bond acceptors (Lipinski definition) is 3. The van der Waals surface area contributed by atoms with E-state index in [4.69, 9.17) is 4.42 Å². The van der Waals surface area contributed by atoms with Gasteiger partial charge in [0.05, 0.1) is 12.1 Å². The Bertz CT molecular complexity index is 627. The maximum atomic E-state index is 11.0. The number of fused-ring (bicyclic) bond motifs is 1. The van der Waals surface area contributed by atoms with E-state index in [1.807, 2.05) is 18.2 Å². The number of rotatable bonds is 3. The Labute approximate surface area is 131 Å². The molecule has 4 rings (SSSR count). The first-order valence-corrected chi connectivity index (χ1v) is 8.57. The number of hydrogen-bond donors (Lipinski definition) is 1. The number of para-hydroxylation sites is 1. The Morgan fingerprint density at radius 3 is 2.82 bits per heavy atom. The standard InChI is InChI=1S/C19H25NO2/c1-14-12-20(10-9-19(14,21)16-6-4-7-16)13-17-11-15-5-2-3-8-18(15)22-17/h2-3,5,8,11,14,16,21H,4,6-7,9-10,12-13H2,1H3/t14-,19+/m1/s1. The summed E-state index contributed by atoms with van der Waals surface area (Å²) in [5, 5.41) is 12.2. The van der Waals surface area contributed by atoms with Gasteiger partial charge in [-0.1, -0.05) is 31.5 Å². The van der Waals surface area contributed by atoms with Crippen LogP contribution in [-0.2, 0) is 6.54 Å². The second kappa shape index (κ2) is 5.39. The molecule has 22 heavy (non-hydrogen) atoms. The van der Waals surface area contributed by atoms with Crippen LogP contribution >= 0.6 is 0 Å². The predicted octanol–water partition coefficient (Wildman–Crippen LogP) is 3.81. The fourth-order valence-corrected chi connectivity index (χ4v) is 4.21. The topological polar surface area (TPSA) is 36.6 Å². The minimum atomic E-state index is -0.428. The number of likely N-dealkylation sites (tertiary alicyclic amines) is 1. The van der Waals surface area contributed by atoms with Crippen LogP contribution in [0.15, 0.2) is 34.7 Å². The van der Waals surface area contributed by atoms with E-state index in [0.717, 1.165) is 37.4 Å². The number of benzene rings is 1. The molecular weight excluding hydrogens is 274 g/mol. The van der Waals surface area contributed by atoms with Crippen LogP contribution in [0.1, 0.15) is 38.4 Å². The summed E-state index contributed by atoms with van der Waals surface area (Å²) in [5.74, 6) is 1.91. The minimum absolute atomic E-state index is 0.343. The van der Waals surface area contributed by atoms with Crippen molar-refractivity contribution in [3.63, 3.8) is 0 Å². The molecule has 2 fully saturated rings. The molecule has 2 atom stereocenters. The second-order valence-corrected chi connectivity index (χ2v) is 7.26. The van der Waals surface area contributed by atoms with Crippen molar-refractivity contribution in [2.45, 2.75) is 44.8 Å². The number of furan rings is 1. The maximum absolute atomic E-state index is 11.0. The quantitative estimate of drug-likeness (QED) is 0.936. The molecule has 2 aliphatic rings. The average molecular weight is 299 g/mol. The van der Waals surface area contributed by atoms with Gasteiger partial charge < -0.3 is 9.52 Å². The second-order valence-electron chi connectivity index (χ2n) is 7.26. The molecule has 1 aromatic heterocycles. The minimum Gasteiger partial charge on any atom is -0.460 e. The Morgan fingerprint density at radius 1 is 1.32 bits per heavy atom. The largest absolute Gasteiger partial charge is 0.460 e. The highest BCUT2D eigenvalue weighted by Gasteiger charge is 2.46. The summed E-state index contributed by atoms with van der Waals surface area (Å²) in [7, 11) is 0. The van der Waals surface area contributed by atoms with E-state index in [-0.39, 0.29) is 0 Å². The van der Waals surface area contributed by atoms with E-state index in [0.29, 0.717) is 11.8 Å². The van der Waals surface area contributed by atoms with Crippen LogP contribution in [0.3, 0.4) is 0 Å². The van der Waals surface area contributed by atoms with E-state index >= 15 is 0 Å². The molecule has 0 radical (unpaired) electrons. The highest BCUT2D eigenvalue weighted by molar-refractivity contribution is 5.77. The van der Waals surface area contributed by atoms with Gasteiger partial charge in [-0.3, -0.25) is 4.90 Å². The molecule has 1 saturated heterocycles. The van der Waals surface area contributed by atoms with Gasteiger partial charge in [0.2, 0.25) is 0 Å². The summed E-state index contributed by atoms with van der Waals surface area (Å²) in [6.07, 6.45) is 4.62. The van der Waals surface area contributed by atoms with Crippen molar-refractivity contribution in [3.05, 3.63) is 36.1 Å². The Morgan fingerprint density at radius 2 is 2.14 bits per heavy atom. The van der Waals surface area contributed by atoms with Gasteiger partial charge in [-0.05, 0) is 43.2 Å². The molecule has 0 unspecified atom stereocenters. The van der Waals surface area contributed by atoms with Gasteiger partial charge in [-0.15, -0.1) is 0 Å². The van der Waals surface area contributed by atoms with Crippen molar-refractivity contribution in [3.8, 4) is 0 Å². The zero-order chi connectivity index (χ0) is 15.2. The first-order chi connectivity index (χ1) is 10.6. The molecule has 3 heteroatoms. The van der Waals surface area contributed by atoms with Gasteiger partial charge in [-0.25, -0.2) is 0 Å². The molecule has 0 amide bonds. The highest BCUT2D eigenvalue weighted by atomic mass is 16.3. The maximum Gasteiger partial charge on any atom is 0.134 e. The van der Waals surface area contributed by atoms with E-state index in [1.165, 1.54) is 24.6 Å². The molecular formula is C19H25NO2. The molecule has 118 valence electrons. The van der Waals surface area contributed by atoms with Crippen molar-refractivity contribution >= 4 is 11.0 Å². The van der Waals surface area contributed by atoms with E-state index < -0.39 is 5.60 Å². The summed E-state index contributed by atoms with van der Waals surface area (Å²) in [5.41, 5.74) is 0.538. The first-order valence-electron chi connectivity index (χ1n) is 8.57. The molecule has 1 aliphatic carbocycles. The van der Waals surface area contributed by atoms with Crippen molar-refractivity contribution in [1.82, 2.24) is 4.90 Å². The van der Waals surface area contributed by atoms with Gasteiger partial charge in [0.1, 0.15) is 11.3 Å². The van der Waals surface area contributed by atoms with Crippen LogP contribution in [-0.4, -0.2) is 28.7 Å². The molecule has 1 N–H and O–H groups in total. The smallest absolute Gasteiger partial charge is 0.134 e. The lowest BCUT2D eigenvalue weighted by Crippen LogP contribution is -2.56. The Balaban J connectivity index is 1.44. The average Bonchev–Trinajstić information content (AvgIpc) is 2.83. The molecule has 1 aromatic carbocycles. The predicted molar refractivity (Wildman–Crippen MR) is 87.6 cm³/mol. The lowest BCUT2D eigenvalue weighted by molar-refractivity contribution is -0.129. The lowest BCUT2D eigenvalue weighted by Gasteiger charge is -2.50. The van der Waals surface area contributed by atoms with E-state index in [9.17, 15) is 5.11 Å². The number of nitrogens with zero attached hydrogens (tertiary/aromatic N) is 1. The van der Waals surface area contributed by atoms with Gasteiger partial charge in [0.25, 0.3) is 0 Å². The molecule has 1 saturated carbocycles. The van der Waals surface area contributed by atoms with E-state index in [2.05, 4.69) is 24.0 Å². The third-order valence-electron chi connectivity index (χ3n) is 5.88. The van der Waals surface area contributed by atoms with Gasteiger partial charge in [-0.2, -0.15) is 0 Å². The van der Waals surface area contributed by atoms with Crippen molar-refractivity contribution in [1.29, 1.82) is 0 Å². The molecule has 0 spiro atoms. The normalized spacial score (nSPS) is 30.5. The van der Waals surface area contributed by atoms with Crippen LogP contribution < -0.4 is 0 Å². The van der Waals surface area contributed by atoms with Crippen LogP contribution in [0.4, 0.5) is 0 Å². The summed E-state index contributed by atoms with van der Waals surface area (Å²) in [6.45, 7) is 4.99. The zero-order valence-electron chi connectivity index (χ0n) is 13.3. The number of piperidine rings is 1. The number of aliphatic hydroxyl groups is 1. The zero-order valence-corrected chi connectivity index (χ0v) is 13.3. The summed E-state index contributed by atoms with van der Waals surface area (Å²) < 4.78 is 5.93. The molecule has 2 heterocycles. The fourth-order valence-electron chi connectivity index (χ4n) is 4.21. The van der Waals surface area contributed by atoms with E-state index in [1.54, 1.807) is 0 Å². The van der Waals surface area contributed by atoms with Gasteiger partial charge in [0, 0.05) is 18.5 Å². The molecule has 0 bridgehead atoms. The fraction of sp³-hybridized carbons (Fsp3) is 0.579. The Hall–Kier alpha value is -1.32. The molecule has 3 nitrogen and oxygen atoms in total. The van der Waals surface area contributed by atoms with Gasteiger partial charge in [0.15, 0.2) is 0 Å². The molecule has 1 aliphatic heterocycles. The van der Waals surface area contributed by atoms with Crippen LogP contribution in [0, 0.1) is 11.8 Å².